The second-order valence-electron chi connectivity index (χ2n) is 8.70. The summed E-state index contributed by atoms with van der Waals surface area (Å²) in [6.07, 6.45) is 18.2. The molecule has 1 rings (SSSR count). The molecule has 0 aromatic heterocycles. The molecule has 2 unspecified atom stereocenters. The first-order chi connectivity index (χ1) is 16.1. The van der Waals surface area contributed by atoms with Crippen LogP contribution in [0.1, 0.15) is 96.8 Å². The molecule has 7 heteroatoms. The number of para-hydroxylation sites is 1. The van der Waals surface area contributed by atoms with Crippen LogP contribution in [-0.4, -0.2) is 37.9 Å². The Bertz CT molecular complexity index is 598. The molecular formula is C26H47O6P. The summed E-state index contributed by atoms with van der Waals surface area (Å²) in [7, 11) is -2.66. The average Bonchev–Trinajstić information content (AvgIpc) is 2.81. The van der Waals surface area contributed by atoms with Crippen LogP contribution in [0.3, 0.4) is 0 Å². The largest absolute Gasteiger partial charge is 0.527 e. The summed E-state index contributed by atoms with van der Waals surface area (Å²) < 4.78 is 33.1. The molecule has 33 heavy (non-hydrogen) atoms. The minimum absolute atomic E-state index is 0.0736. The number of unbranched alkanes of at least 4 members (excludes halogenated alkanes) is 13. The van der Waals surface area contributed by atoms with Crippen molar-refractivity contribution in [2.75, 3.05) is 26.9 Å². The molecule has 0 aliphatic heterocycles. The van der Waals surface area contributed by atoms with E-state index in [9.17, 15) is 9.46 Å². The van der Waals surface area contributed by atoms with Crippen molar-refractivity contribution >= 4 is 7.82 Å². The van der Waals surface area contributed by atoms with Gasteiger partial charge in [-0.25, -0.2) is 4.57 Å². The maximum Gasteiger partial charge on any atom is 0.527 e. The van der Waals surface area contributed by atoms with Crippen molar-refractivity contribution in [3.63, 3.8) is 0 Å². The average molecular weight is 487 g/mol. The first-order valence-electron chi connectivity index (χ1n) is 12.9. The quantitative estimate of drug-likeness (QED) is 0.126. The van der Waals surface area contributed by atoms with Crippen molar-refractivity contribution in [2.24, 2.45) is 0 Å². The predicted octanol–water partition coefficient (Wildman–Crippen LogP) is 7.70. The standard InChI is InChI=1S/C26H47O6P/c1-3-4-5-6-7-8-9-10-11-12-13-14-15-19-22-30-23-26(29-2)24-31-33(27,28)32-25-20-17-16-18-21-25/h16-18,20-21,26H,3-15,19,22-24H2,1-2H3,(H,27,28). The Kier molecular flexibility index (Phi) is 18.7. The van der Waals surface area contributed by atoms with Gasteiger partial charge in [-0.2, -0.15) is 0 Å². The van der Waals surface area contributed by atoms with Crippen LogP contribution in [0.2, 0.25) is 0 Å². The fraction of sp³-hybridized carbons (Fsp3) is 0.769. The fourth-order valence-corrected chi connectivity index (χ4v) is 4.41. The van der Waals surface area contributed by atoms with Crippen LogP contribution in [0.5, 0.6) is 5.75 Å². The molecule has 0 aliphatic carbocycles. The molecule has 0 heterocycles. The summed E-state index contributed by atoms with van der Waals surface area (Å²) >= 11 is 0. The molecule has 1 aromatic carbocycles. The lowest BCUT2D eigenvalue weighted by molar-refractivity contribution is -0.0197. The van der Waals surface area contributed by atoms with E-state index in [0.29, 0.717) is 13.2 Å². The molecule has 0 saturated heterocycles. The maximum atomic E-state index is 12.0. The number of hydrogen-bond donors (Lipinski definition) is 1. The molecular weight excluding hydrogens is 439 g/mol. The van der Waals surface area contributed by atoms with Crippen molar-refractivity contribution in [3.8, 4) is 5.75 Å². The zero-order valence-corrected chi connectivity index (χ0v) is 21.8. The SMILES string of the molecule is CCCCCCCCCCCCCCCCOCC(COP(=O)(O)Oc1ccccc1)OC. The predicted molar refractivity (Wildman–Crippen MR) is 135 cm³/mol. The number of methoxy groups -OCH3 is 1. The maximum absolute atomic E-state index is 12.0. The normalized spacial score (nSPS) is 14.2. The van der Waals surface area contributed by atoms with Crippen molar-refractivity contribution in [1.29, 1.82) is 0 Å². The van der Waals surface area contributed by atoms with Crippen LogP contribution in [0, 0.1) is 0 Å². The summed E-state index contributed by atoms with van der Waals surface area (Å²) in [5.74, 6) is 0.284. The van der Waals surface area contributed by atoms with Crippen LogP contribution in [0.25, 0.3) is 0 Å². The molecule has 2 atom stereocenters. The van der Waals surface area contributed by atoms with Crippen molar-refractivity contribution in [2.45, 2.75) is 103 Å². The van der Waals surface area contributed by atoms with Gasteiger partial charge >= 0.3 is 7.82 Å². The highest BCUT2D eigenvalue weighted by molar-refractivity contribution is 7.47. The monoisotopic (exact) mass is 486 g/mol. The summed E-state index contributed by atoms with van der Waals surface area (Å²) in [4.78, 5) is 9.84. The molecule has 192 valence electrons. The van der Waals surface area contributed by atoms with E-state index < -0.39 is 13.9 Å². The Morgan fingerprint density at radius 3 is 1.82 bits per heavy atom. The van der Waals surface area contributed by atoms with E-state index in [0.717, 1.165) is 6.42 Å². The number of phosphoric acid groups is 1. The molecule has 0 fully saturated rings. The summed E-state index contributed by atoms with van der Waals surface area (Å²) in [5.41, 5.74) is 0. The van der Waals surface area contributed by atoms with E-state index in [1.165, 1.54) is 90.6 Å². The third kappa shape index (κ3) is 18.1. The van der Waals surface area contributed by atoms with E-state index in [-0.39, 0.29) is 12.4 Å². The van der Waals surface area contributed by atoms with E-state index in [1.807, 2.05) is 0 Å². The summed E-state index contributed by atoms with van der Waals surface area (Å²) in [6, 6.07) is 8.43. The minimum atomic E-state index is -4.19. The number of ether oxygens (including phenoxy) is 2. The summed E-state index contributed by atoms with van der Waals surface area (Å²) in [6.45, 7) is 3.18. The van der Waals surface area contributed by atoms with Gasteiger partial charge in [0.2, 0.25) is 0 Å². The Morgan fingerprint density at radius 1 is 0.788 bits per heavy atom. The first-order valence-corrected chi connectivity index (χ1v) is 14.4. The van der Waals surface area contributed by atoms with Gasteiger partial charge in [0.15, 0.2) is 0 Å². The molecule has 0 spiro atoms. The summed E-state index contributed by atoms with van der Waals surface area (Å²) in [5, 5.41) is 0. The van der Waals surface area contributed by atoms with Gasteiger partial charge in [-0.15, -0.1) is 0 Å². The Balaban J connectivity index is 1.93. The van der Waals surface area contributed by atoms with Gasteiger partial charge in [-0.1, -0.05) is 109 Å². The van der Waals surface area contributed by atoms with Crippen LogP contribution in [0.4, 0.5) is 0 Å². The van der Waals surface area contributed by atoms with Crippen molar-refractivity contribution < 1.29 is 28.0 Å². The Morgan fingerprint density at radius 2 is 1.30 bits per heavy atom. The van der Waals surface area contributed by atoms with Crippen LogP contribution in [-0.2, 0) is 18.6 Å². The Labute approximate surface area is 202 Å². The molecule has 0 saturated carbocycles. The second-order valence-corrected chi connectivity index (χ2v) is 10.1. The van der Waals surface area contributed by atoms with Gasteiger partial charge in [-0.05, 0) is 18.6 Å². The van der Waals surface area contributed by atoms with Crippen LogP contribution in [0.15, 0.2) is 30.3 Å². The molecule has 0 bridgehead atoms. The van der Waals surface area contributed by atoms with Crippen LogP contribution < -0.4 is 4.52 Å². The third-order valence-electron chi connectivity index (χ3n) is 5.67. The number of hydrogen-bond acceptors (Lipinski definition) is 5. The smallest absolute Gasteiger partial charge is 0.404 e. The van der Waals surface area contributed by atoms with Crippen molar-refractivity contribution in [3.05, 3.63) is 30.3 Å². The zero-order valence-electron chi connectivity index (χ0n) is 20.9. The highest BCUT2D eigenvalue weighted by Crippen LogP contribution is 2.43. The Hall–Kier alpha value is -0.910. The first kappa shape index (κ1) is 30.1. The van der Waals surface area contributed by atoms with E-state index in [4.69, 9.17) is 18.5 Å². The molecule has 0 amide bonds. The molecule has 0 radical (unpaired) electrons. The topological polar surface area (TPSA) is 74.2 Å². The van der Waals surface area contributed by atoms with Gasteiger partial charge in [0, 0.05) is 13.7 Å². The lowest BCUT2D eigenvalue weighted by Crippen LogP contribution is -2.24. The van der Waals surface area contributed by atoms with Gasteiger partial charge in [-0.3, -0.25) is 9.42 Å². The molecule has 6 nitrogen and oxygen atoms in total. The minimum Gasteiger partial charge on any atom is -0.404 e. The van der Waals surface area contributed by atoms with Gasteiger partial charge in [0.1, 0.15) is 11.9 Å². The lowest BCUT2D eigenvalue weighted by Gasteiger charge is -2.18. The number of rotatable bonds is 23. The highest BCUT2D eigenvalue weighted by atomic mass is 31.2. The highest BCUT2D eigenvalue weighted by Gasteiger charge is 2.25. The third-order valence-corrected chi connectivity index (χ3v) is 6.58. The van der Waals surface area contributed by atoms with Gasteiger partial charge < -0.3 is 14.0 Å². The lowest BCUT2D eigenvalue weighted by atomic mass is 10.0. The van der Waals surface area contributed by atoms with Crippen molar-refractivity contribution in [1.82, 2.24) is 0 Å². The number of benzene rings is 1. The fourth-order valence-electron chi connectivity index (χ4n) is 3.62. The van der Waals surface area contributed by atoms with E-state index >= 15 is 0 Å². The molecule has 1 aromatic rings. The van der Waals surface area contributed by atoms with Crippen LogP contribution >= 0.6 is 7.82 Å². The number of phosphoric ester groups is 1. The van der Waals surface area contributed by atoms with Gasteiger partial charge in [0.05, 0.1) is 13.2 Å². The van der Waals surface area contributed by atoms with E-state index in [2.05, 4.69) is 6.92 Å². The van der Waals surface area contributed by atoms with E-state index in [1.54, 1.807) is 30.3 Å². The molecule has 1 N–H and O–H groups in total. The molecule has 0 aliphatic rings. The zero-order chi connectivity index (χ0) is 24.0. The second kappa shape index (κ2) is 20.5. The van der Waals surface area contributed by atoms with Gasteiger partial charge in [0.25, 0.3) is 0 Å².